The van der Waals surface area contributed by atoms with Crippen LogP contribution in [0.2, 0.25) is 15.1 Å². The number of hydrogen-bond donors (Lipinski definition) is 1. The van der Waals surface area contributed by atoms with E-state index in [1.807, 2.05) is 0 Å². The van der Waals surface area contributed by atoms with Crippen molar-refractivity contribution in [1.82, 2.24) is 10.2 Å². The molecule has 1 atom stereocenters. The van der Waals surface area contributed by atoms with Gasteiger partial charge in [-0.1, -0.05) is 88.9 Å². The fourth-order valence-corrected chi connectivity index (χ4v) is 7.04. The maximum atomic E-state index is 14.6. The lowest BCUT2D eigenvalue weighted by Gasteiger charge is -2.35. The Hall–Kier alpha value is -3.77. The molecule has 0 aliphatic rings. The number of anilines is 1. The molecule has 0 bridgehead atoms. The molecule has 0 saturated carbocycles. The number of sulfonamides is 1. The summed E-state index contributed by atoms with van der Waals surface area (Å²) in [7, 11) is -4.66. The van der Waals surface area contributed by atoms with Crippen LogP contribution in [0.5, 0.6) is 0 Å². The monoisotopic (exact) mass is 767 g/mol. The summed E-state index contributed by atoms with van der Waals surface area (Å²) < 4.78 is 71.0. The van der Waals surface area contributed by atoms with Crippen molar-refractivity contribution >= 4 is 62.3 Å². The van der Waals surface area contributed by atoms with Crippen LogP contribution >= 0.6 is 34.8 Å². The minimum absolute atomic E-state index is 0.0275. The van der Waals surface area contributed by atoms with Crippen LogP contribution in [0.4, 0.5) is 18.9 Å². The van der Waals surface area contributed by atoms with Crippen LogP contribution in [-0.2, 0) is 38.8 Å². The van der Waals surface area contributed by atoms with E-state index in [4.69, 9.17) is 34.8 Å². The minimum Gasteiger partial charge on any atom is -0.350 e. The van der Waals surface area contributed by atoms with Crippen LogP contribution in [-0.4, -0.2) is 43.3 Å². The molecule has 0 aliphatic carbocycles. The number of aryl methyl sites for hydroxylation is 1. The van der Waals surface area contributed by atoms with Crippen LogP contribution in [0, 0.1) is 6.92 Å². The SMILES string of the molecule is Cc1ccc(S(=O)(=O)N(CC(=O)N(Cc2ccc(Cl)c(Cl)c2)[C@@H](Cc2ccccc2)C(=O)NC(C)(C)C)c2ccc(Cl)c(C(F)(F)F)c2)cc1. The van der Waals surface area contributed by atoms with Gasteiger partial charge in [0.2, 0.25) is 11.8 Å². The molecule has 0 aliphatic heterocycles. The van der Waals surface area contributed by atoms with Crippen LogP contribution in [0.1, 0.15) is 43.0 Å². The average Bonchev–Trinajstić information content (AvgIpc) is 3.02. The molecule has 2 amide bonds. The highest BCUT2D eigenvalue weighted by Crippen LogP contribution is 2.38. The van der Waals surface area contributed by atoms with Gasteiger partial charge in [0, 0.05) is 18.5 Å². The number of hydrogen-bond acceptors (Lipinski definition) is 4. The number of carbonyl (C=O) groups is 2. The predicted molar refractivity (Wildman–Crippen MR) is 191 cm³/mol. The lowest BCUT2D eigenvalue weighted by Crippen LogP contribution is -2.56. The van der Waals surface area contributed by atoms with Crippen molar-refractivity contribution in [2.75, 3.05) is 10.8 Å². The maximum absolute atomic E-state index is 14.6. The summed E-state index contributed by atoms with van der Waals surface area (Å²) in [5, 5.41) is 2.69. The summed E-state index contributed by atoms with van der Waals surface area (Å²) in [6.45, 7) is 5.85. The van der Waals surface area contributed by atoms with Gasteiger partial charge in [-0.15, -0.1) is 0 Å². The van der Waals surface area contributed by atoms with Crippen molar-refractivity contribution in [3.63, 3.8) is 0 Å². The number of halogens is 6. The summed E-state index contributed by atoms with van der Waals surface area (Å²) in [5.41, 5.74) is -0.559. The van der Waals surface area contributed by atoms with Gasteiger partial charge in [-0.3, -0.25) is 13.9 Å². The maximum Gasteiger partial charge on any atom is 0.417 e. The van der Waals surface area contributed by atoms with Crippen LogP contribution in [0.15, 0.2) is 95.9 Å². The number of nitrogens with one attached hydrogen (secondary N) is 1. The van der Waals surface area contributed by atoms with Crippen molar-refractivity contribution in [2.45, 2.75) is 63.3 Å². The van der Waals surface area contributed by atoms with Gasteiger partial charge in [-0.05, 0) is 81.3 Å². The largest absolute Gasteiger partial charge is 0.417 e. The van der Waals surface area contributed by atoms with Crippen molar-refractivity contribution in [3.05, 3.63) is 128 Å². The molecule has 4 rings (SSSR count). The van der Waals surface area contributed by atoms with Crippen molar-refractivity contribution < 1.29 is 31.2 Å². The van der Waals surface area contributed by atoms with E-state index in [9.17, 15) is 31.2 Å². The minimum atomic E-state index is -4.93. The Morgan fingerprint density at radius 1 is 0.800 bits per heavy atom. The van der Waals surface area contributed by atoms with E-state index in [-0.39, 0.29) is 27.9 Å². The summed E-state index contributed by atoms with van der Waals surface area (Å²) in [5.74, 6) is -1.41. The van der Waals surface area contributed by atoms with Gasteiger partial charge < -0.3 is 10.2 Å². The second-order valence-corrected chi connectivity index (χ2v) is 15.8. The first-order valence-corrected chi connectivity index (χ1v) is 17.9. The Morgan fingerprint density at radius 2 is 1.42 bits per heavy atom. The molecular weight excluding hydrogens is 734 g/mol. The van der Waals surface area contributed by atoms with E-state index >= 15 is 0 Å². The molecule has 0 heterocycles. The second kappa shape index (κ2) is 15.6. The van der Waals surface area contributed by atoms with Crippen LogP contribution < -0.4 is 9.62 Å². The summed E-state index contributed by atoms with van der Waals surface area (Å²) in [4.78, 5) is 29.5. The van der Waals surface area contributed by atoms with E-state index in [0.717, 1.165) is 17.7 Å². The Morgan fingerprint density at radius 3 is 2.00 bits per heavy atom. The third kappa shape index (κ3) is 9.93. The van der Waals surface area contributed by atoms with Crippen molar-refractivity contribution in [1.29, 1.82) is 0 Å². The zero-order valence-electron chi connectivity index (χ0n) is 27.6. The Kier molecular flexibility index (Phi) is 12.2. The van der Waals surface area contributed by atoms with Crippen molar-refractivity contribution in [3.8, 4) is 0 Å². The lowest BCUT2D eigenvalue weighted by molar-refractivity contribution is -0.140. The number of carbonyl (C=O) groups excluding carboxylic acids is 2. The molecule has 4 aromatic rings. The van der Waals surface area contributed by atoms with Gasteiger partial charge in [0.05, 0.1) is 31.2 Å². The lowest BCUT2D eigenvalue weighted by atomic mass is 10.0. The average molecular weight is 769 g/mol. The highest BCUT2D eigenvalue weighted by molar-refractivity contribution is 7.92. The Balaban J connectivity index is 1.89. The summed E-state index contributed by atoms with van der Waals surface area (Å²) in [6.07, 6.45) is -4.90. The molecule has 14 heteroatoms. The molecular formula is C36H35Cl3F3N3O4S. The number of rotatable bonds is 11. The Bertz CT molecular complexity index is 1950. The fraction of sp³-hybridized carbons (Fsp3) is 0.278. The Labute approximate surface area is 305 Å². The standard InChI is InChI=1S/C36H35Cl3F3N3O4S/c1-23-10-14-27(15-11-23)50(48,49)45(26-13-17-29(37)28(20-26)36(40,41)42)22-33(46)44(21-25-12-16-30(38)31(39)18-25)32(34(47)43-35(2,3)4)19-24-8-6-5-7-9-24/h5-18,20,32H,19,21-22H2,1-4H3,(H,43,47)/t32-/m0/s1. The molecule has 266 valence electrons. The van der Waals surface area contributed by atoms with E-state index in [1.165, 1.54) is 41.3 Å². The van der Waals surface area contributed by atoms with E-state index in [0.29, 0.717) is 21.5 Å². The van der Waals surface area contributed by atoms with Gasteiger partial charge in [-0.25, -0.2) is 8.42 Å². The second-order valence-electron chi connectivity index (χ2n) is 12.7. The fourth-order valence-electron chi connectivity index (χ4n) is 5.09. The van der Waals surface area contributed by atoms with E-state index in [2.05, 4.69) is 5.32 Å². The topological polar surface area (TPSA) is 86.8 Å². The van der Waals surface area contributed by atoms with E-state index < -0.39 is 62.4 Å². The predicted octanol–water partition coefficient (Wildman–Crippen LogP) is 8.72. The first-order chi connectivity index (χ1) is 23.3. The number of alkyl halides is 3. The van der Waals surface area contributed by atoms with Gasteiger partial charge in [0.15, 0.2) is 0 Å². The summed E-state index contributed by atoms with van der Waals surface area (Å²) >= 11 is 18.3. The summed E-state index contributed by atoms with van der Waals surface area (Å²) in [6, 6.07) is 20.6. The quantitative estimate of drug-likeness (QED) is 0.166. The smallest absolute Gasteiger partial charge is 0.350 e. The molecule has 7 nitrogen and oxygen atoms in total. The number of benzene rings is 4. The molecule has 4 aromatic carbocycles. The molecule has 0 saturated heterocycles. The van der Waals surface area contributed by atoms with E-state index in [1.54, 1.807) is 64.1 Å². The number of amides is 2. The number of nitrogens with zero attached hydrogens (tertiary/aromatic N) is 2. The third-order valence-corrected chi connectivity index (χ3v) is 10.4. The highest BCUT2D eigenvalue weighted by atomic mass is 35.5. The van der Waals surface area contributed by atoms with Crippen LogP contribution in [0.25, 0.3) is 0 Å². The van der Waals surface area contributed by atoms with Gasteiger partial charge in [-0.2, -0.15) is 13.2 Å². The zero-order chi connectivity index (χ0) is 37.0. The van der Waals surface area contributed by atoms with Gasteiger partial charge in [0.25, 0.3) is 10.0 Å². The van der Waals surface area contributed by atoms with Crippen molar-refractivity contribution in [2.24, 2.45) is 0 Å². The molecule has 0 spiro atoms. The normalized spacial score (nSPS) is 12.7. The molecule has 0 radical (unpaired) electrons. The first kappa shape index (κ1) is 39.0. The zero-order valence-corrected chi connectivity index (χ0v) is 30.6. The van der Waals surface area contributed by atoms with Gasteiger partial charge >= 0.3 is 6.18 Å². The molecule has 1 N–H and O–H groups in total. The molecule has 0 unspecified atom stereocenters. The molecule has 0 aromatic heterocycles. The first-order valence-electron chi connectivity index (χ1n) is 15.3. The molecule has 0 fully saturated rings. The van der Waals surface area contributed by atoms with Gasteiger partial charge in [0.1, 0.15) is 12.6 Å². The highest BCUT2D eigenvalue weighted by Gasteiger charge is 2.38. The third-order valence-electron chi connectivity index (χ3n) is 7.54. The van der Waals surface area contributed by atoms with Crippen LogP contribution in [0.3, 0.4) is 0 Å². The molecule has 50 heavy (non-hydrogen) atoms.